The Morgan fingerprint density at radius 2 is 2.17 bits per heavy atom. The van der Waals surface area contributed by atoms with Crippen LogP contribution in [0.4, 0.5) is 0 Å². The average Bonchev–Trinajstić information content (AvgIpc) is 2.42. The van der Waals surface area contributed by atoms with Gasteiger partial charge in [-0.2, -0.15) is 0 Å². The molecule has 1 aromatic carbocycles. The lowest BCUT2D eigenvalue weighted by atomic mass is 10.2. The lowest BCUT2D eigenvalue weighted by Crippen LogP contribution is -2.27. The van der Waals surface area contributed by atoms with Crippen molar-refractivity contribution in [3.63, 3.8) is 0 Å². The Kier molecular flexibility index (Phi) is 4.49. The molecule has 0 aliphatic carbocycles. The molecule has 1 heterocycles. The molecular formula is C12H13N3O2S. The zero-order chi connectivity index (χ0) is 12.8. The van der Waals surface area contributed by atoms with Gasteiger partial charge in [-0.05, 0) is 6.07 Å². The first kappa shape index (κ1) is 12.8. The number of amides is 1. The molecule has 0 unspecified atom stereocenters. The van der Waals surface area contributed by atoms with Crippen LogP contribution in [-0.2, 0) is 4.79 Å². The van der Waals surface area contributed by atoms with E-state index in [-0.39, 0.29) is 24.8 Å². The average molecular weight is 263 g/mol. The maximum Gasteiger partial charge on any atom is 0.230 e. The van der Waals surface area contributed by atoms with Crippen LogP contribution >= 0.6 is 11.8 Å². The van der Waals surface area contributed by atoms with Crippen LogP contribution in [0.1, 0.15) is 0 Å². The lowest BCUT2D eigenvalue weighted by Gasteiger charge is -2.05. The number of hydrogen-bond donors (Lipinski definition) is 2. The Balaban J connectivity index is 2.05. The molecule has 2 N–H and O–H groups in total. The molecule has 1 aromatic heterocycles. The van der Waals surface area contributed by atoms with Crippen molar-refractivity contribution in [2.75, 3.05) is 18.9 Å². The Morgan fingerprint density at radius 3 is 3.00 bits per heavy atom. The van der Waals surface area contributed by atoms with Crippen LogP contribution in [-0.4, -0.2) is 39.9 Å². The van der Waals surface area contributed by atoms with E-state index in [1.807, 2.05) is 24.3 Å². The highest BCUT2D eigenvalue weighted by atomic mass is 32.2. The molecule has 6 heteroatoms. The van der Waals surface area contributed by atoms with Gasteiger partial charge in [-0.3, -0.25) is 4.79 Å². The largest absolute Gasteiger partial charge is 0.395 e. The van der Waals surface area contributed by atoms with Crippen LogP contribution < -0.4 is 5.32 Å². The topological polar surface area (TPSA) is 75.1 Å². The van der Waals surface area contributed by atoms with Gasteiger partial charge in [0.05, 0.1) is 17.9 Å². The van der Waals surface area contributed by atoms with Gasteiger partial charge in [0.1, 0.15) is 11.4 Å². The number of hydrogen-bond acceptors (Lipinski definition) is 5. The predicted octanol–water partition coefficient (Wildman–Crippen LogP) is 0.830. The van der Waals surface area contributed by atoms with Crippen molar-refractivity contribution < 1.29 is 9.90 Å². The van der Waals surface area contributed by atoms with E-state index in [2.05, 4.69) is 15.3 Å². The minimum atomic E-state index is -0.114. The summed E-state index contributed by atoms with van der Waals surface area (Å²) >= 11 is 1.36. The normalized spacial score (nSPS) is 10.5. The smallest absolute Gasteiger partial charge is 0.230 e. The van der Waals surface area contributed by atoms with E-state index >= 15 is 0 Å². The van der Waals surface area contributed by atoms with Gasteiger partial charge >= 0.3 is 0 Å². The first-order valence-electron chi connectivity index (χ1n) is 5.51. The summed E-state index contributed by atoms with van der Waals surface area (Å²) in [6.07, 6.45) is 1.50. The molecule has 0 bridgehead atoms. The van der Waals surface area contributed by atoms with E-state index in [4.69, 9.17) is 5.11 Å². The van der Waals surface area contributed by atoms with Gasteiger partial charge in [-0.15, -0.1) is 0 Å². The number of aliphatic hydroxyl groups excluding tert-OH is 1. The van der Waals surface area contributed by atoms with Crippen molar-refractivity contribution in [3.8, 4) is 0 Å². The number of nitrogens with one attached hydrogen (secondary N) is 1. The fourth-order valence-corrected chi connectivity index (χ4v) is 2.30. The van der Waals surface area contributed by atoms with Gasteiger partial charge in [0.25, 0.3) is 0 Å². The number of thioether (sulfide) groups is 1. The summed E-state index contributed by atoms with van der Waals surface area (Å²) in [5.41, 5.74) is 0.866. The number of aliphatic hydroxyl groups is 1. The van der Waals surface area contributed by atoms with E-state index in [0.717, 1.165) is 15.9 Å². The van der Waals surface area contributed by atoms with Crippen molar-refractivity contribution >= 4 is 28.6 Å². The molecule has 2 rings (SSSR count). The second kappa shape index (κ2) is 6.32. The lowest BCUT2D eigenvalue weighted by molar-refractivity contribution is -0.118. The zero-order valence-corrected chi connectivity index (χ0v) is 10.5. The van der Waals surface area contributed by atoms with Gasteiger partial charge in [-0.25, -0.2) is 9.97 Å². The fraction of sp³-hybridized carbons (Fsp3) is 0.250. The second-order valence-corrected chi connectivity index (χ2v) is 4.52. The fourth-order valence-electron chi connectivity index (χ4n) is 1.48. The van der Waals surface area contributed by atoms with Crippen LogP contribution in [0, 0.1) is 0 Å². The highest BCUT2D eigenvalue weighted by Crippen LogP contribution is 2.23. The van der Waals surface area contributed by atoms with Gasteiger partial charge in [0.2, 0.25) is 5.91 Å². The minimum Gasteiger partial charge on any atom is -0.395 e. The van der Waals surface area contributed by atoms with E-state index in [9.17, 15) is 4.79 Å². The number of fused-ring (bicyclic) bond motifs is 1. The van der Waals surface area contributed by atoms with Gasteiger partial charge in [0.15, 0.2) is 0 Å². The minimum absolute atomic E-state index is 0.0488. The maximum absolute atomic E-state index is 11.4. The molecule has 94 valence electrons. The Bertz CT molecular complexity index is 542. The molecule has 0 saturated carbocycles. The van der Waals surface area contributed by atoms with Crippen LogP contribution in [0.5, 0.6) is 0 Å². The Labute approximate surface area is 109 Å². The van der Waals surface area contributed by atoms with E-state index in [1.54, 1.807) is 0 Å². The summed E-state index contributed by atoms with van der Waals surface area (Å²) in [6.45, 7) is 0.233. The maximum atomic E-state index is 11.4. The van der Waals surface area contributed by atoms with Gasteiger partial charge in [-0.1, -0.05) is 30.0 Å². The van der Waals surface area contributed by atoms with E-state index < -0.39 is 0 Å². The molecule has 18 heavy (non-hydrogen) atoms. The Morgan fingerprint density at radius 1 is 1.33 bits per heavy atom. The molecular weight excluding hydrogens is 250 g/mol. The predicted molar refractivity (Wildman–Crippen MR) is 70.4 cm³/mol. The summed E-state index contributed by atoms with van der Waals surface area (Å²) in [7, 11) is 0. The number of carbonyl (C=O) groups excluding carboxylic acids is 1. The molecule has 0 aliphatic heterocycles. The highest BCUT2D eigenvalue weighted by molar-refractivity contribution is 8.00. The van der Waals surface area contributed by atoms with Crippen LogP contribution in [0.15, 0.2) is 35.6 Å². The van der Waals surface area contributed by atoms with E-state index in [0.29, 0.717) is 0 Å². The number of para-hydroxylation sites is 1. The monoisotopic (exact) mass is 263 g/mol. The zero-order valence-electron chi connectivity index (χ0n) is 9.67. The second-order valence-electron chi connectivity index (χ2n) is 3.56. The quantitative estimate of drug-likeness (QED) is 0.617. The number of rotatable bonds is 5. The first-order valence-corrected chi connectivity index (χ1v) is 6.50. The molecule has 0 radical (unpaired) electrons. The molecule has 0 atom stereocenters. The van der Waals surface area contributed by atoms with Crippen LogP contribution in [0.3, 0.4) is 0 Å². The summed E-state index contributed by atoms with van der Waals surface area (Å²) < 4.78 is 0. The summed E-state index contributed by atoms with van der Waals surface area (Å²) in [6, 6.07) is 7.68. The molecule has 5 nitrogen and oxygen atoms in total. The molecule has 0 fully saturated rings. The van der Waals surface area contributed by atoms with Crippen molar-refractivity contribution in [1.29, 1.82) is 0 Å². The van der Waals surface area contributed by atoms with Crippen LogP contribution in [0.2, 0.25) is 0 Å². The molecule has 2 aromatic rings. The highest BCUT2D eigenvalue weighted by Gasteiger charge is 2.06. The third-order valence-corrected chi connectivity index (χ3v) is 3.29. The van der Waals surface area contributed by atoms with E-state index in [1.165, 1.54) is 18.1 Å². The number of nitrogens with zero attached hydrogens (tertiary/aromatic N) is 2. The summed E-state index contributed by atoms with van der Waals surface area (Å²) in [4.78, 5) is 19.8. The summed E-state index contributed by atoms with van der Waals surface area (Å²) in [5.74, 6) is 0.165. The van der Waals surface area contributed by atoms with Crippen molar-refractivity contribution in [3.05, 3.63) is 30.6 Å². The standard InChI is InChI=1S/C12H13N3O2S/c16-6-5-13-11(17)7-18-12-9-3-1-2-4-10(9)14-8-15-12/h1-4,8,16H,5-7H2,(H,13,17). The van der Waals surface area contributed by atoms with Crippen molar-refractivity contribution in [2.45, 2.75) is 5.03 Å². The van der Waals surface area contributed by atoms with Gasteiger partial charge < -0.3 is 10.4 Å². The molecule has 1 amide bonds. The first-order chi connectivity index (χ1) is 8.81. The summed E-state index contributed by atoms with van der Waals surface area (Å²) in [5, 5.41) is 12.9. The molecule has 0 spiro atoms. The Hall–Kier alpha value is -1.66. The third kappa shape index (κ3) is 3.18. The number of aromatic nitrogens is 2. The molecule has 0 saturated heterocycles. The van der Waals surface area contributed by atoms with Gasteiger partial charge in [0, 0.05) is 11.9 Å². The SMILES string of the molecule is O=C(CSc1ncnc2ccccc12)NCCO. The third-order valence-electron chi connectivity index (χ3n) is 2.28. The number of carbonyl (C=O) groups is 1. The number of benzene rings is 1. The van der Waals surface area contributed by atoms with Crippen LogP contribution in [0.25, 0.3) is 10.9 Å². The van der Waals surface area contributed by atoms with Crippen molar-refractivity contribution in [1.82, 2.24) is 15.3 Å². The van der Waals surface area contributed by atoms with Crippen molar-refractivity contribution in [2.24, 2.45) is 0 Å². The molecule has 0 aliphatic rings.